The van der Waals surface area contributed by atoms with Crippen molar-refractivity contribution >= 4 is 23.2 Å². The number of amides is 1. The molecule has 2 N–H and O–H groups in total. The molecule has 0 unspecified atom stereocenters. The molecule has 1 rings (SSSR count). The van der Waals surface area contributed by atoms with E-state index < -0.39 is 11.5 Å². The van der Waals surface area contributed by atoms with Gasteiger partial charge in [-0.15, -0.1) is 11.3 Å². The van der Waals surface area contributed by atoms with Gasteiger partial charge in [-0.3, -0.25) is 9.59 Å². The number of nitrogens with one attached hydrogen (secondary N) is 1. The second-order valence-electron chi connectivity index (χ2n) is 6.68. The van der Waals surface area contributed by atoms with Crippen LogP contribution in [0.2, 0.25) is 0 Å². The number of rotatable bonds is 7. The molecule has 1 aromatic heterocycles. The molecule has 0 aliphatic rings. The summed E-state index contributed by atoms with van der Waals surface area (Å²) in [5, 5.41) is 14.8. The Morgan fingerprint density at radius 2 is 1.86 bits per heavy atom. The number of nitrogens with zero attached hydrogens (tertiary/aromatic N) is 1. The zero-order valence-corrected chi connectivity index (χ0v) is 14.8. The fourth-order valence-corrected chi connectivity index (χ4v) is 3.15. The van der Waals surface area contributed by atoms with Gasteiger partial charge in [0.05, 0.1) is 23.5 Å². The first-order valence-corrected chi connectivity index (χ1v) is 8.47. The minimum absolute atomic E-state index is 0.0285. The van der Waals surface area contributed by atoms with Crippen LogP contribution in [0.15, 0.2) is 5.38 Å². The molecule has 0 radical (unpaired) electrons. The average Bonchev–Trinajstić information content (AvgIpc) is 2.85. The number of carboxylic acids is 1. The van der Waals surface area contributed by atoms with E-state index in [0.717, 1.165) is 10.7 Å². The molecule has 1 aromatic rings. The Hall–Kier alpha value is -1.43. The minimum Gasteiger partial charge on any atom is -0.481 e. The van der Waals surface area contributed by atoms with Crippen molar-refractivity contribution in [3.8, 4) is 0 Å². The molecular weight excluding hydrogens is 300 g/mol. The number of thiazole rings is 1. The molecule has 6 heteroatoms. The van der Waals surface area contributed by atoms with E-state index in [4.69, 9.17) is 5.11 Å². The van der Waals surface area contributed by atoms with Crippen molar-refractivity contribution in [1.29, 1.82) is 0 Å². The van der Waals surface area contributed by atoms with Gasteiger partial charge in [0.15, 0.2) is 0 Å². The molecule has 124 valence electrons. The Kier molecular flexibility index (Phi) is 6.11. The highest BCUT2D eigenvalue weighted by Gasteiger charge is 2.31. The fourth-order valence-electron chi connectivity index (χ4n) is 2.25. The number of aromatic nitrogens is 1. The van der Waals surface area contributed by atoms with E-state index in [1.807, 2.05) is 19.2 Å². The smallest absolute Gasteiger partial charge is 0.305 e. The number of carboxylic acid groups (broad SMARTS) is 1. The standard InChI is InChI=1S/C16H26N2O3S/c1-6-16(7-2,9-13(20)21)18-12(19)8-11-10-22-14(17-11)15(3,4)5/h10H,6-9H2,1-5H3,(H,18,19)(H,20,21). The van der Waals surface area contributed by atoms with Crippen LogP contribution in [0, 0.1) is 0 Å². The van der Waals surface area contributed by atoms with Gasteiger partial charge in [0.1, 0.15) is 0 Å². The van der Waals surface area contributed by atoms with E-state index in [2.05, 4.69) is 31.1 Å². The van der Waals surface area contributed by atoms with Crippen molar-refractivity contribution in [3.63, 3.8) is 0 Å². The number of aliphatic carboxylic acids is 1. The lowest BCUT2D eigenvalue weighted by atomic mass is 9.88. The van der Waals surface area contributed by atoms with Crippen molar-refractivity contribution in [3.05, 3.63) is 16.1 Å². The number of hydrogen-bond donors (Lipinski definition) is 2. The van der Waals surface area contributed by atoms with Crippen LogP contribution in [0.1, 0.15) is 64.6 Å². The quantitative estimate of drug-likeness (QED) is 0.807. The van der Waals surface area contributed by atoms with Gasteiger partial charge >= 0.3 is 5.97 Å². The maximum absolute atomic E-state index is 12.2. The predicted molar refractivity (Wildman–Crippen MR) is 88.2 cm³/mol. The van der Waals surface area contributed by atoms with Crippen LogP contribution in [-0.4, -0.2) is 27.5 Å². The van der Waals surface area contributed by atoms with E-state index in [1.54, 1.807) is 11.3 Å². The summed E-state index contributed by atoms with van der Waals surface area (Å²) in [6.45, 7) is 10.0. The fraction of sp³-hybridized carbons (Fsp3) is 0.688. The van der Waals surface area contributed by atoms with Gasteiger partial charge in [-0.2, -0.15) is 0 Å². The molecule has 0 aliphatic carbocycles. The molecule has 0 fully saturated rings. The summed E-state index contributed by atoms with van der Waals surface area (Å²) in [5.41, 5.74) is 0.0364. The van der Waals surface area contributed by atoms with E-state index in [-0.39, 0.29) is 24.2 Å². The zero-order valence-electron chi connectivity index (χ0n) is 14.0. The van der Waals surface area contributed by atoms with Gasteiger partial charge < -0.3 is 10.4 Å². The summed E-state index contributed by atoms with van der Waals surface area (Å²) in [6.07, 6.45) is 1.31. The molecule has 0 saturated heterocycles. The summed E-state index contributed by atoms with van der Waals surface area (Å²) >= 11 is 1.55. The Bertz CT molecular complexity index is 528. The normalized spacial score (nSPS) is 12.2. The lowest BCUT2D eigenvalue weighted by Gasteiger charge is -2.31. The Morgan fingerprint density at radius 3 is 2.27 bits per heavy atom. The number of carbonyl (C=O) groups is 2. The van der Waals surface area contributed by atoms with Crippen LogP contribution in [0.4, 0.5) is 0 Å². The molecular formula is C16H26N2O3S. The van der Waals surface area contributed by atoms with Crippen molar-refractivity contribution < 1.29 is 14.7 Å². The number of carbonyl (C=O) groups excluding carboxylic acids is 1. The van der Waals surface area contributed by atoms with E-state index in [1.165, 1.54) is 0 Å². The largest absolute Gasteiger partial charge is 0.481 e. The highest BCUT2D eigenvalue weighted by Crippen LogP contribution is 2.26. The third kappa shape index (κ3) is 5.09. The second kappa shape index (κ2) is 7.22. The molecule has 0 aliphatic heterocycles. The monoisotopic (exact) mass is 326 g/mol. The summed E-state index contributed by atoms with van der Waals surface area (Å²) in [7, 11) is 0. The summed E-state index contributed by atoms with van der Waals surface area (Å²) in [5.74, 6) is -1.07. The third-order valence-corrected chi connectivity index (χ3v) is 5.10. The van der Waals surface area contributed by atoms with Gasteiger partial charge in [0, 0.05) is 16.3 Å². The average molecular weight is 326 g/mol. The first-order valence-electron chi connectivity index (χ1n) is 7.59. The third-order valence-electron chi connectivity index (χ3n) is 3.78. The van der Waals surface area contributed by atoms with Gasteiger partial charge in [-0.1, -0.05) is 34.6 Å². The molecule has 0 saturated carbocycles. The molecule has 5 nitrogen and oxygen atoms in total. The first kappa shape index (κ1) is 18.6. The van der Waals surface area contributed by atoms with Crippen LogP contribution >= 0.6 is 11.3 Å². The number of hydrogen-bond acceptors (Lipinski definition) is 4. The van der Waals surface area contributed by atoms with Crippen LogP contribution in [0.25, 0.3) is 0 Å². The zero-order chi connectivity index (χ0) is 17.0. The Balaban J connectivity index is 2.76. The molecule has 22 heavy (non-hydrogen) atoms. The summed E-state index contributed by atoms with van der Waals surface area (Å²) in [4.78, 5) is 27.8. The summed E-state index contributed by atoms with van der Waals surface area (Å²) < 4.78 is 0. The molecule has 0 aromatic carbocycles. The maximum atomic E-state index is 12.2. The Labute approximate surface area is 136 Å². The van der Waals surface area contributed by atoms with E-state index in [9.17, 15) is 9.59 Å². The van der Waals surface area contributed by atoms with Crippen molar-refractivity contribution in [2.24, 2.45) is 0 Å². The SMILES string of the molecule is CCC(CC)(CC(=O)O)NC(=O)Cc1csc(C(C)(C)C)n1. The first-order chi connectivity index (χ1) is 10.1. The van der Waals surface area contributed by atoms with E-state index in [0.29, 0.717) is 12.8 Å². The van der Waals surface area contributed by atoms with Gasteiger partial charge in [-0.05, 0) is 12.8 Å². The predicted octanol–water partition coefficient (Wildman–Crippen LogP) is 3.13. The van der Waals surface area contributed by atoms with Crippen LogP contribution in [-0.2, 0) is 21.4 Å². The molecule has 1 heterocycles. The van der Waals surface area contributed by atoms with Crippen molar-refractivity contribution in [2.45, 2.75) is 71.3 Å². The molecule has 0 spiro atoms. The topological polar surface area (TPSA) is 79.3 Å². The highest BCUT2D eigenvalue weighted by molar-refractivity contribution is 7.09. The lowest BCUT2D eigenvalue weighted by molar-refractivity contribution is -0.139. The maximum Gasteiger partial charge on any atom is 0.305 e. The lowest BCUT2D eigenvalue weighted by Crippen LogP contribution is -2.49. The molecule has 1 amide bonds. The summed E-state index contributed by atoms with van der Waals surface area (Å²) in [6, 6.07) is 0. The molecule has 0 atom stereocenters. The van der Waals surface area contributed by atoms with Gasteiger partial charge in [-0.25, -0.2) is 4.98 Å². The van der Waals surface area contributed by atoms with Crippen LogP contribution < -0.4 is 5.32 Å². The van der Waals surface area contributed by atoms with Crippen molar-refractivity contribution in [1.82, 2.24) is 10.3 Å². The van der Waals surface area contributed by atoms with Crippen LogP contribution in [0.3, 0.4) is 0 Å². The van der Waals surface area contributed by atoms with Crippen molar-refractivity contribution in [2.75, 3.05) is 0 Å². The second-order valence-corrected chi connectivity index (χ2v) is 7.54. The van der Waals surface area contributed by atoms with E-state index >= 15 is 0 Å². The highest BCUT2D eigenvalue weighted by atomic mass is 32.1. The minimum atomic E-state index is -0.896. The molecule has 0 bridgehead atoms. The van der Waals surface area contributed by atoms with Gasteiger partial charge in [0.25, 0.3) is 0 Å². The Morgan fingerprint density at radius 1 is 1.27 bits per heavy atom. The van der Waals surface area contributed by atoms with Crippen LogP contribution in [0.5, 0.6) is 0 Å². The van der Waals surface area contributed by atoms with Gasteiger partial charge in [0.2, 0.25) is 5.91 Å².